The van der Waals surface area contributed by atoms with Crippen LogP contribution in [0.1, 0.15) is 46.1 Å². The lowest BCUT2D eigenvalue weighted by Gasteiger charge is -2.20. The largest absolute Gasteiger partial charge is 0.446 e. The molecule has 0 bridgehead atoms. The van der Waals surface area contributed by atoms with Crippen LogP contribution >= 0.6 is 0 Å². The second-order valence-corrected chi connectivity index (χ2v) is 8.92. The fourth-order valence-electron chi connectivity index (χ4n) is 3.85. The number of carbonyl (C=O) groups is 1. The summed E-state index contributed by atoms with van der Waals surface area (Å²) in [5.74, 6) is 1.15. The molecule has 0 aliphatic heterocycles. The van der Waals surface area contributed by atoms with Crippen molar-refractivity contribution in [2.45, 2.75) is 39.3 Å². The third-order valence-electron chi connectivity index (χ3n) is 5.79. The molecular formula is C25H28N6O4. The summed E-state index contributed by atoms with van der Waals surface area (Å²) >= 11 is 0. The highest BCUT2D eigenvalue weighted by molar-refractivity contribution is 5.94. The van der Waals surface area contributed by atoms with E-state index in [0.29, 0.717) is 29.5 Å². The predicted molar refractivity (Wildman–Crippen MR) is 128 cm³/mol. The Morgan fingerprint density at radius 1 is 1.14 bits per heavy atom. The van der Waals surface area contributed by atoms with Gasteiger partial charge in [-0.3, -0.25) is 9.59 Å². The highest BCUT2D eigenvalue weighted by Gasteiger charge is 2.29. The summed E-state index contributed by atoms with van der Waals surface area (Å²) in [7, 11) is 3.21. The van der Waals surface area contributed by atoms with E-state index in [9.17, 15) is 9.59 Å². The third kappa shape index (κ3) is 5.07. The smallest absolute Gasteiger partial charge is 0.264 e. The number of oxazole rings is 1. The minimum absolute atomic E-state index is 0.101. The molecule has 0 spiro atoms. The van der Waals surface area contributed by atoms with Crippen molar-refractivity contribution in [2.75, 3.05) is 7.05 Å². The minimum Gasteiger partial charge on any atom is -0.446 e. The first-order valence-electron chi connectivity index (χ1n) is 11.1. The first-order valence-corrected chi connectivity index (χ1v) is 11.1. The number of aromatic nitrogens is 4. The summed E-state index contributed by atoms with van der Waals surface area (Å²) in [6.45, 7) is 5.58. The normalized spacial score (nSPS) is 13.0. The molecule has 0 radical (unpaired) electrons. The highest BCUT2D eigenvalue weighted by atomic mass is 16.4. The van der Waals surface area contributed by atoms with Crippen LogP contribution in [-0.2, 0) is 25.6 Å². The molecule has 1 aromatic carbocycles. The Labute approximate surface area is 202 Å². The van der Waals surface area contributed by atoms with Gasteiger partial charge >= 0.3 is 0 Å². The van der Waals surface area contributed by atoms with E-state index in [4.69, 9.17) is 14.6 Å². The van der Waals surface area contributed by atoms with Crippen LogP contribution in [0.4, 0.5) is 0 Å². The van der Waals surface area contributed by atoms with Crippen molar-refractivity contribution in [3.63, 3.8) is 0 Å². The molecule has 1 amide bonds. The van der Waals surface area contributed by atoms with Crippen LogP contribution in [0.5, 0.6) is 0 Å². The number of pyridine rings is 1. The Hall–Kier alpha value is -4.05. The van der Waals surface area contributed by atoms with Crippen LogP contribution in [0.15, 0.2) is 56.1 Å². The number of aryl methyl sites for hydroxylation is 2. The molecular weight excluding hydrogens is 448 g/mol. The van der Waals surface area contributed by atoms with Crippen LogP contribution in [-0.4, -0.2) is 37.6 Å². The Morgan fingerprint density at radius 3 is 2.51 bits per heavy atom. The number of amides is 1. The molecule has 0 saturated heterocycles. The van der Waals surface area contributed by atoms with Gasteiger partial charge in [-0.2, -0.15) is 0 Å². The molecule has 1 atom stereocenters. The molecule has 10 heteroatoms. The first-order chi connectivity index (χ1) is 16.5. The second-order valence-electron chi connectivity index (χ2n) is 8.92. The zero-order valence-corrected chi connectivity index (χ0v) is 20.4. The summed E-state index contributed by atoms with van der Waals surface area (Å²) in [6, 6.07) is 12.6. The number of hydrogen-bond donors (Lipinski definition) is 1. The van der Waals surface area contributed by atoms with Crippen molar-refractivity contribution < 1.29 is 13.6 Å². The fourth-order valence-corrected chi connectivity index (χ4v) is 3.85. The van der Waals surface area contributed by atoms with E-state index in [2.05, 4.69) is 15.2 Å². The van der Waals surface area contributed by atoms with Gasteiger partial charge in [-0.25, -0.2) is 4.98 Å². The van der Waals surface area contributed by atoms with Gasteiger partial charge in [0.05, 0.1) is 12.1 Å². The lowest BCUT2D eigenvalue weighted by atomic mass is 9.94. The maximum Gasteiger partial charge on any atom is 0.264 e. The van der Waals surface area contributed by atoms with Crippen LogP contribution in [0.2, 0.25) is 0 Å². The minimum atomic E-state index is -0.924. The summed E-state index contributed by atoms with van der Waals surface area (Å²) in [4.78, 5) is 31.6. The zero-order valence-electron chi connectivity index (χ0n) is 20.4. The van der Waals surface area contributed by atoms with Crippen molar-refractivity contribution in [1.29, 1.82) is 0 Å². The van der Waals surface area contributed by atoms with Gasteiger partial charge in [0.25, 0.3) is 17.4 Å². The van der Waals surface area contributed by atoms with Gasteiger partial charge in [0.2, 0.25) is 5.89 Å². The summed E-state index contributed by atoms with van der Waals surface area (Å²) < 4.78 is 12.7. The monoisotopic (exact) mass is 476 g/mol. The molecule has 3 aromatic heterocycles. The maximum absolute atomic E-state index is 13.1. The summed E-state index contributed by atoms with van der Waals surface area (Å²) in [5, 5.41) is 8.26. The van der Waals surface area contributed by atoms with Gasteiger partial charge in [-0.15, -0.1) is 10.2 Å². The van der Waals surface area contributed by atoms with Gasteiger partial charge in [0, 0.05) is 32.6 Å². The number of hydrogen-bond acceptors (Lipinski definition) is 8. The fraction of sp³-hybridized carbons (Fsp3) is 0.320. The molecule has 0 aliphatic carbocycles. The molecule has 182 valence electrons. The summed E-state index contributed by atoms with van der Waals surface area (Å²) in [6.07, 6.45) is 0.485. The van der Waals surface area contributed by atoms with Crippen LogP contribution in [0.3, 0.4) is 0 Å². The van der Waals surface area contributed by atoms with E-state index in [-0.39, 0.29) is 35.4 Å². The van der Waals surface area contributed by atoms with Crippen molar-refractivity contribution in [1.82, 2.24) is 24.6 Å². The third-order valence-corrected chi connectivity index (χ3v) is 5.79. The molecule has 0 unspecified atom stereocenters. The van der Waals surface area contributed by atoms with Gasteiger partial charge < -0.3 is 24.0 Å². The van der Waals surface area contributed by atoms with Crippen molar-refractivity contribution >= 4 is 5.91 Å². The quantitative estimate of drug-likeness (QED) is 0.430. The van der Waals surface area contributed by atoms with Crippen LogP contribution in [0, 0.1) is 13.8 Å². The topological polar surface area (TPSA) is 133 Å². The van der Waals surface area contributed by atoms with Gasteiger partial charge in [-0.05, 0) is 31.9 Å². The van der Waals surface area contributed by atoms with E-state index in [0.717, 1.165) is 5.56 Å². The van der Waals surface area contributed by atoms with Gasteiger partial charge in [0.15, 0.2) is 5.89 Å². The molecule has 2 N–H and O–H groups in total. The zero-order chi connectivity index (χ0) is 25.3. The number of rotatable bonds is 7. The predicted octanol–water partition coefficient (Wildman–Crippen LogP) is 2.73. The van der Waals surface area contributed by atoms with Gasteiger partial charge in [0.1, 0.15) is 17.1 Å². The van der Waals surface area contributed by atoms with E-state index in [1.165, 1.54) is 15.5 Å². The molecule has 10 nitrogen and oxygen atoms in total. The highest BCUT2D eigenvalue weighted by Crippen LogP contribution is 2.26. The molecule has 0 fully saturated rings. The van der Waals surface area contributed by atoms with Crippen molar-refractivity contribution in [3.8, 4) is 11.6 Å². The lowest BCUT2D eigenvalue weighted by molar-refractivity contribution is 0.0783. The second kappa shape index (κ2) is 9.30. The van der Waals surface area contributed by atoms with Crippen molar-refractivity contribution in [2.24, 2.45) is 12.8 Å². The Morgan fingerprint density at radius 2 is 1.86 bits per heavy atom. The van der Waals surface area contributed by atoms with Gasteiger partial charge in [-0.1, -0.05) is 30.3 Å². The number of nitrogens with two attached hydrogens (primary N) is 1. The van der Waals surface area contributed by atoms with E-state index in [1.54, 1.807) is 40.9 Å². The molecule has 0 aliphatic rings. The standard InChI is InChI=1S/C25H28N6O4/c1-15-19(27-16(2)34-15)14-30(4)23(33)18-11-20(31(5)21(32)12-18)22-28-29-24(35-22)25(3,26)13-17-9-7-6-8-10-17/h6-12H,13-14,26H2,1-5H3/t25-/m1/s1. The average molecular weight is 477 g/mol. The number of nitrogens with zero attached hydrogens (tertiary/aromatic N) is 5. The number of carbonyl (C=O) groups excluding carboxylic acids is 1. The lowest BCUT2D eigenvalue weighted by Crippen LogP contribution is -2.35. The number of benzene rings is 1. The van der Waals surface area contributed by atoms with E-state index < -0.39 is 5.54 Å². The Bertz CT molecular complexity index is 1420. The Balaban J connectivity index is 1.61. The Kier molecular flexibility index (Phi) is 6.40. The molecule has 3 heterocycles. The maximum atomic E-state index is 13.1. The first kappa shape index (κ1) is 24.1. The van der Waals surface area contributed by atoms with E-state index in [1.807, 2.05) is 30.3 Å². The average Bonchev–Trinajstić information content (AvgIpc) is 3.42. The van der Waals surface area contributed by atoms with Crippen LogP contribution in [0.25, 0.3) is 11.6 Å². The molecule has 4 aromatic rings. The van der Waals surface area contributed by atoms with Crippen molar-refractivity contribution in [3.05, 3.63) is 87.2 Å². The van der Waals surface area contributed by atoms with Crippen LogP contribution < -0.4 is 11.3 Å². The summed E-state index contributed by atoms with van der Waals surface area (Å²) in [5.41, 5.74) is 7.39. The SMILES string of the molecule is Cc1nc(CN(C)C(=O)c2cc(-c3nnc([C@](C)(N)Cc4ccccc4)o3)n(C)c(=O)c2)c(C)o1. The molecule has 4 rings (SSSR count). The van der Waals surface area contributed by atoms with E-state index >= 15 is 0 Å². The molecule has 0 saturated carbocycles. The molecule has 35 heavy (non-hydrogen) atoms.